The minimum Gasteiger partial charge on any atom is -0.342 e. The van der Waals surface area contributed by atoms with Crippen LogP contribution in [0.15, 0.2) is 43.1 Å². The van der Waals surface area contributed by atoms with Gasteiger partial charge in [-0.3, -0.25) is 14.7 Å². The van der Waals surface area contributed by atoms with Crippen molar-refractivity contribution in [2.45, 2.75) is 19.1 Å². The van der Waals surface area contributed by atoms with E-state index >= 15 is 0 Å². The molecule has 16 heteroatoms. The van der Waals surface area contributed by atoms with Gasteiger partial charge in [0.15, 0.2) is 5.82 Å². The van der Waals surface area contributed by atoms with Gasteiger partial charge in [0.1, 0.15) is 33.5 Å². The summed E-state index contributed by atoms with van der Waals surface area (Å²) in [5.74, 6) is -0.694. The molecule has 0 aliphatic rings. The van der Waals surface area contributed by atoms with Crippen molar-refractivity contribution in [3.05, 3.63) is 69.3 Å². The van der Waals surface area contributed by atoms with E-state index in [0.717, 1.165) is 17.5 Å². The Morgan fingerprint density at radius 1 is 1.06 bits per heavy atom. The number of H-pyrrole nitrogens is 1. The number of nitrogens with one attached hydrogen (secondary N) is 4. The van der Waals surface area contributed by atoms with E-state index in [1.54, 1.807) is 19.2 Å². The molecule has 0 fully saturated rings. The highest BCUT2D eigenvalue weighted by Crippen LogP contribution is 2.35. The summed E-state index contributed by atoms with van der Waals surface area (Å²) < 4.78 is 39.1. The van der Waals surface area contributed by atoms with Gasteiger partial charge in [0.25, 0.3) is 11.8 Å². The summed E-state index contributed by atoms with van der Waals surface area (Å²) in [6.07, 6.45) is 0.181. The van der Waals surface area contributed by atoms with Crippen LogP contribution in [0, 0.1) is 0 Å². The highest BCUT2D eigenvalue weighted by molar-refractivity contribution is 7.13. The minimum atomic E-state index is -4.70. The van der Waals surface area contributed by atoms with Crippen molar-refractivity contribution in [1.82, 2.24) is 35.5 Å². The number of carbonyl (C=O) groups excluding carboxylic acids is 2. The van der Waals surface area contributed by atoms with Crippen molar-refractivity contribution in [3.63, 3.8) is 0 Å². The van der Waals surface area contributed by atoms with Gasteiger partial charge in [-0.15, -0.1) is 11.3 Å². The molecule has 4 aromatic rings. The first-order valence-corrected chi connectivity index (χ1v) is 11.2. The highest BCUT2D eigenvalue weighted by atomic mass is 35.5. The molecule has 0 saturated heterocycles. The Hall–Kier alpha value is -4.11. The number of hydrogen-bond acceptors (Lipinski definition) is 9. The van der Waals surface area contributed by atoms with E-state index in [2.05, 4.69) is 46.1 Å². The molecule has 11 nitrogen and oxygen atoms in total. The van der Waals surface area contributed by atoms with Crippen molar-refractivity contribution in [2.24, 2.45) is 0 Å². The molecule has 1 unspecified atom stereocenters. The third-order valence-corrected chi connectivity index (χ3v) is 6.00. The molecule has 36 heavy (non-hydrogen) atoms. The van der Waals surface area contributed by atoms with E-state index in [9.17, 15) is 22.8 Å². The second-order valence-corrected chi connectivity index (χ2v) is 8.60. The molecular weight excluding hydrogens is 523 g/mol. The van der Waals surface area contributed by atoms with Crippen LogP contribution in [-0.4, -0.2) is 41.9 Å². The van der Waals surface area contributed by atoms with Crippen molar-refractivity contribution in [1.29, 1.82) is 0 Å². The van der Waals surface area contributed by atoms with Crippen LogP contribution in [0.3, 0.4) is 0 Å². The third-order valence-electron chi connectivity index (χ3n) is 4.52. The van der Waals surface area contributed by atoms with Crippen LogP contribution in [0.25, 0.3) is 0 Å². The number of nitrogens with zero attached hydrogens (tertiary/aromatic N) is 5. The predicted octanol–water partition coefficient (Wildman–Crippen LogP) is 4.21. The average Bonchev–Trinajstić information content (AvgIpc) is 3.52. The fourth-order valence-electron chi connectivity index (χ4n) is 2.84. The van der Waals surface area contributed by atoms with Crippen LogP contribution < -0.4 is 16.0 Å². The van der Waals surface area contributed by atoms with Gasteiger partial charge in [-0.25, -0.2) is 19.9 Å². The number of pyridine rings is 1. The number of rotatable bonds is 7. The van der Waals surface area contributed by atoms with Gasteiger partial charge < -0.3 is 16.0 Å². The fourth-order valence-corrected chi connectivity index (χ4v) is 3.86. The lowest BCUT2D eigenvalue weighted by Crippen LogP contribution is -2.27. The van der Waals surface area contributed by atoms with E-state index in [1.807, 2.05) is 0 Å². The zero-order valence-corrected chi connectivity index (χ0v) is 19.7. The van der Waals surface area contributed by atoms with Crippen LogP contribution >= 0.6 is 22.9 Å². The molecule has 0 aliphatic heterocycles. The van der Waals surface area contributed by atoms with Crippen LogP contribution in [0.2, 0.25) is 5.02 Å². The lowest BCUT2D eigenvalue weighted by molar-refractivity contribution is -0.137. The third kappa shape index (κ3) is 5.92. The van der Waals surface area contributed by atoms with Gasteiger partial charge in [0, 0.05) is 24.5 Å². The molecule has 0 radical (unpaired) electrons. The molecule has 0 bridgehead atoms. The summed E-state index contributed by atoms with van der Waals surface area (Å²) in [5.41, 5.74) is -1.04. The van der Waals surface area contributed by atoms with Gasteiger partial charge in [0.2, 0.25) is 0 Å². The molecule has 4 heterocycles. The van der Waals surface area contributed by atoms with Gasteiger partial charge in [0.05, 0.1) is 22.8 Å². The number of hydrogen-bond donors (Lipinski definition) is 4. The molecule has 186 valence electrons. The Kier molecular flexibility index (Phi) is 7.12. The lowest BCUT2D eigenvalue weighted by atomic mass is 10.2. The Labute approximate surface area is 209 Å². The summed E-state index contributed by atoms with van der Waals surface area (Å²) in [7, 11) is 0. The van der Waals surface area contributed by atoms with Crippen LogP contribution in [0.5, 0.6) is 0 Å². The number of carbonyl (C=O) groups is 2. The average molecular weight is 538 g/mol. The molecule has 0 saturated carbocycles. The van der Waals surface area contributed by atoms with Crippen molar-refractivity contribution >= 4 is 52.2 Å². The van der Waals surface area contributed by atoms with Gasteiger partial charge in [-0.2, -0.15) is 18.3 Å². The molecular formula is C20H15ClF3N9O2S. The monoisotopic (exact) mass is 537 g/mol. The van der Waals surface area contributed by atoms with Crippen molar-refractivity contribution < 1.29 is 22.8 Å². The smallest absolute Gasteiger partial charge is 0.342 e. The van der Waals surface area contributed by atoms with Crippen molar-refractivity contribution in [3.8, 4) is 0 Å². The van der Waals surface area contributed by atoms with E-state index < -0.39 is 34.6 Å². The number of alkyl halides is 3. The topological polar surface area (TPSA) is 150 Å². The van der Waals surface area contributed by atoms with E-state index in [-0.39, 0.29) is 16.4 Å². The maximum atomic E-state index is 13.0. The maximum Gasteiger partial charge on any atom is 0.418 e. The number of aromatic amines is 1. The molecule has 4 aromatic heterocycles. The first-order chi connectivity index (χ1) is 17.1. The van der Waals surface area contributed by atoms with E-state index in [1.165, 1.54) is 18.6 Å². The molecule has 4 N–H and O–H groups in total. The van der Waals surface area contributed by atoms with Crippen molar-refractivity contribution in [2.75, 3.05) is 10.6 Å². The minimum absolute atomic E-state index is 0.0821. The Morgan fingerprint density at radius 3 is 2.58 bits per heavy atom. The number of amides is 2. The zero-order valence-electron chi connectivity index (χ0n) is 18.1. The molecule has 0 spiro atoms. The Bertz CT molecular complexity index is 1400. The SMILES string of the molecule is CC(NC(=O)c1cc(Nc2cc[nH]n2)ncn1)c1ncc(C(=O)Nc2cc(C(F)(F)F)c(Cl)cn2)s1. The number of halogens is 4. The molecule has 2 amide bonds. The fraction of sp³-hybridized carbons (Fsp3) is 0.150. The van der Waals surface area contributed by atoms with Crippen LogP contribution in [0.1, 0.15) is 43.7 Å². The molecule has 1 atom stereocenters. The highest BCUT2D eigenvalue weighted by Gasteiger charge is 2.34. The van der Waals surface area contributed by atoms with Crippen LogP contribution in [0.4, 0.5) is 30.6 Å². The maximum absolute atomic E-state index is 13.0. The summed E-state index contributed by atoms with van der Waals surface area (Å²) >= 11 is 6.50. The quantitative estimate of drug-likeness (QED) is 0.274. The number of aromatic nitrogens is 6. The number of anilines is 3. The second kappa shape index (κ2) is 10.2. The second-order valence-electron chi connectivity index (χ2n) is 7.13. The van der Waals surface area contributed by atoms with E-state index in [0.29, 0.717) is 22.7 Å². The summed E-state index contributed by atoms with van der Waals surface area (Å²) in [5, 5.41) is 14.3. The van der Waals surface area contributed by atoms with Gasteiger partial charge >= 0.3 is 6.18 Å². The number of thiazole rings is 1. The molecule has 4 rings (SSSR count). The first-order valence-electron chi connectivity index (χ1n) is 9.99. The Morgan fingerprint density at radius 2 is 1.86 bits per heavy atom. The van der Waals surface area contributed by atoms with Crippen LogP contribution in [-0.2, 0) is 6.18 Å². The lowest BCUT2D eigenvalue weighted by Gasteiger charge is -2.11. The summed E-state index contributed by atoms with van der Waals surface area (Å²) in [6, 6.07) is 3.15. The predicted molar refractivity (Wildman–Crippen MR) is 124 cm³/mol. The van der Waals surface area contributed by atoms with Gasteiger partial charge in [-0.1, -0.05) is 11.6 Å². The molecule has 0 aliphatic carbocycles. The largest absolute Gasteiger partial charge is 0.418 e. The van der Waals surface area contributed by atoms with E-state index in [4.69, 9.17) is 11.6 Å². The Balaban J connectivity index is 1.40. The summed E-state index contributed by atoms with van der Waals surface area (Å²) in [4.78, 5) is 41.1. The normalized spacial score (nSPS) is 12.1. The standard InChI is InChI=1S/C20H15ClF3N9O2S/c1-9(30-17(34)12-5-16(28-8-27-12)31-14-2-3-29-33-14)19-26-7-13(36-19)18(35)32-15-4-10(20(22,23)24)11(21)6-25-15/h2-9H,1H3,(H,30,34)(H,25,32,35)(H2,27,28,29,31,33). The zero-order chi connectivity index (χ0) is 25.9. The summed E-state index contributed by atoms with van der Waals surface area (Å²) in [6.45, 7) is 1.65. The molecule has 0 aromatic carbocycles. The first kappa shape index (κ1) is 25.0. The van der Waals surface area contributed by atoms with Gasteiger partial charge in [-0.05, 0) is 13.0 Å².